The SMILES string of the molecule is Cc1nc(C2CCCN(S(=O)(=O)c3ccc4c(c3)N(C)CCC4)C2)n[nH]1. The predicted octanol–water partition coefficient (Wildman–Crippen LogP) is 2.06. The summed E-state index contributed by atoms with van der Waals surface area (Å²) in [4.78, 5) is 6.93. The van der Waals surface area contributed by atoms with Crippen molar-refractivity contribution in [1.82, 2.24) is 19.5 Å². The fourth-order valence-electron chi connectivity index (χ4n) is 3.96. The first-order chi connectivity index (χ1) is 12.4. The quantitative estimate of drug-likeness (QED) is 0.888. The highest BCUT2D eigenvalue weighted by Gasteiger charge is 2.33. The number of rotatable bonds is 3. The largest absolute Gasteiger partial charge is 0.374 e. The molecule has 2 aliphatic rings. The van der Waals surface area contributed by atoms with E-state index < -0.39 is 10.0 Å². The second-order valence-corrected chi connectivity index (χ2v) is 9.23. The Labute approximate surface area is 154 Å². The Bertz CT molecular complexity index is 908. The van der Waals surface area contributed by atoms with Gasteiger partial charge in [0, 0.05) is 38.3 Å². The minimum atomic E-state index is -3.51. The number of nitrogens with one attached hydrogen (secondary N) is 1. The Balaban J connectivity index is 1.61. The molecule has 0 saturated carbocycles. The summed E-state index contributed by atoms with van der Waals surface area (Å²) in [5.74, 6) is 1.52. The highest BCUT2D eigenvalue weighted by molar-refractivity contribution is 7.89. The van der Waals surface area contributed by atoms with E-state index in [1.807, 2.05) is 26.1 Å². The summed E-state index contributed by atoms with van der Waals surface area (Å²) in [6, 6.07) is 5.57. The van der Waals surface area contributed by atoms with Crippen LogP contribution in [0.5, 0.6) is 0 Å². The zero-order valence-electron chi connectivity index (χ0n) is 15.3. The molecule has 26 heavy (non-hydrogen) atoms. The van der Waals surface area contributed by atoms with Crippen molar-refractivity contribution in [2.45, 2.75) is 43.4 Å². The lowest BCUT2D eigenvalue weighted by molar-refractivity contribution is 0.309. The van der Waals surface area contributed by atoms with Crippen LogP contribution in [0.2, 0.25) is 0 Å². The minimum Gasteiger partial charge on any atom is -0.374 e. The average Bonchev–Trinajstić information content (AvgIpc) is 3.08. The number of sulfonamides is 1. The van der Waals surface area contributed by atoms with Crippen molar-refractivity contribution in [2.24, 2.45) is 0 Å². The van der Waals surface area contributed by atoms with Gasteiger partial charge in [-0.25, -0.2) is 13.4 Å². The van der Waals surface area contributed by atoms with Crippen molar-refractivity contribution in [3.8, 4) is 0 Å². The van der Waals surface area contributed by atoms with E-state index in [9.17, 15) is 8.42 Å². The fourth-order valence-corrected chi connectivity index (χ4v) is 5.51. The van der Waals surface area contributed by atoms with Gasteiger partial charge >= 0.3 is 0 Å². The van der Waals surface area contributed by atoms with Crippen LogP contribution in [0.1, 0.15) is 42.4 Å². The standard InChI is InChI=1S/C18H25N5O2S/c1-13-19-18(21-20-13)15-6-4-10-23(12-15)26(24,25)16-8-7-14-5-3-9-22(2)17(14)11-16/h7-8,11,15H,3-6,9-10,12H2,1-2H3,(H,19,20,21). The molecule has 1 atom stereocenters. The molecule has 0 aliphatic carbocycles. The van der Waals surface area contributed by atoms with Crippen molar-refractivity contribution in [3.05, 3.63) is 35.4 Å². The van der Waals surface area contributed by atoms with Crippen LogP contribution in [0.15, 0.2) is 23.1 Å². The average molecular weight is 375 g/mol. The first-order valence-electron chi connectivity index (χ1n) is 9.18. The number of piperidine rings is 1. The molecule has 2 aliphatic heterocycles. The van der Waals surface area contributed by atoms with Crippen molar-refractivity contribution in [1.29, 1.82) is 0 Å². The molecule has 8 heteroatoms. The summed E-state index contributed by atoms with van der Waals surface area (Å²) in [5, 5.41) is 7.09. The van der Waals surface area contributed by atoms with Gasteiger partial charge in [0.25, 0.3) is 0 Å². The molecular weight excluding hydrogens is 350 g/mol. The van der Waals surface area contributed by atoms with E-state index in [2.05, 4.69) is 20.1 Å². The summed E-state index contributed by atoms with van der Waals surface area (Å²) >= 11 is 0. The molecule has 7 nitrogen and oxygen atoms in total. The van der Waals surface area contributed by atoms with Crippen LogP contribution in [-0.4, -0.2) is 54.6 Å². The van der Waals surface area contributed by atoms with Gasteiger partial charge in [0.15, 0.2) is 5.82 Å². The Morgan fingerprint density at radius 3 is 2.85 bits per heavy atom. The van der Waals surface area contributed by atoms with E-state index >= 15 is 0 Å². The highest BCUT2D eigenvalue weighted by Crippen LogP contribution is 2.32. The van der Waals surface area contributed by atoms with Gasteiger partial charge < -0.3 is 4.90 Å². The number of hydrogen-bond acceptors (Lipinski definition) is 5. The molecule has 140 valence electrons. The molecule has 0 amide bonds. The second kappa shape index (κ2) is 6.66. The van der Waals surface area contributed by atoms with Gasteiger partial charge in [-0.05, 0) is 50.3 Å². The Morgan fingerprint density at radius 1 is 1.23 bits per heavy atom. The van der Waals surface area contributed by atoms with Crippen molar-refractivity contribution < 1.29 is 8.42 Å². The van der Waals surface area contributed by atoms with Crippen LogP contribution in [0.4, 0.5) is 5.69 Å². The lowest BCUT2D eigenvalue weighted by atomic mass is 9.99. The molecule has 3 heterocycles. The van der Waals surface area contributed by atoms with Gasteiger partial charge in [0.2, 0.25) is 10.0 Å². The van der Waals surface area contributed by atoms with E-state index in [0.717, 1.165) is 43.7 Å². The molecule has 1 unspecified atom stereocenters. The molecule has 1 aromatic carbocycles. The maximum Gasteiger partial charge on any atom is 0.243 e. The summed E-state index contributed by atoms with van der Waals surface area (Å²) in [6.45, 7) is 3.81. The third kappa shape index (κ3) is 3.12. The molecule has 1 N–H and O–H groups in total. The third-order valence-corrected chi connectivity index (χ3v) is 7.27. The zero-order chi connectivity index (χ0) is 18.3. The third-order valence-electron chi connectivity index (χ3n) is 5.41. The number of nitrogens with zero attached hydrogens (tertiary/aromatic N) is 4. The summed E-state index contributed by atoms with van der Waals surface area (Å²) in [6.07, 6.45) is 3.86. The van der Waals surface area contributed by atoms with Crippen LogP contribution in [0.3, 0.4) is 0 Å². The van der Waals surface area contributed by atoms with Gasteiger partial charge in [-0.15, -0.1) is 0 Å². The monoisotopic (exact) mass is 375 g/mol. The summed E-state index contributed by atoms with van der Waals surface area (Å²) < 4.78 is 28.0. The summed E-state index contributed by atoms with van der Waals surface area (Å²) in [5.41, 5.74) is 2.26. The second-order valence-electron chi connectivity index (χ2n) is 7.30. The highest BCUT2D eigenvalue weighted by atomic mass is 32.2. The Kier molecular flexibility index (Phi) is 4.48. The number of anilines is 1. The maximum atomic E-state index is 13.2. The zero-order valence-corrected chi connectivity index (χ0v) is 16.1. The van der Waals surface area contributed by atoms with E-state index in [1.54, 1.807) is 10.4 Å². The van der Waals surface area contributed by atoms with Crippen LogP contribution >= 0.6 is 0 Å². The molecule has 0 radical (unpaired) electrons. The van der Waals surface area contributed by atoms with Crippen molar-refractivity contribution >= 4 is 15.7 Å². The van der Waals surface area contributed by atoms with Crippen molar-refractivity contribution in [3.63, 3.8) is 0 Å². The first kappa shape index (κ1) is 17.5. The number of benzene rings is 1. The van der Waals surface area contributed by atoms with E-state index in [4.69, 9.17) is 0 Å². The lowest BCUT2D eigenvalue weighted by Crippen LogP contribution is -2.39. The number of aromatic amines is 1. The van der Waals surface area contributed by atoms with Crippen LogP contribution in [0.25, 0.3) is 0 Å². The van der Waals surface area contributed by atoms with Gasteiger partial charge in [-0.2, -0.15) is 9.40 Å². The van der Waals surface area contributed by atoms with Crippen molar-refractivity contribution in [2.75, 3.05) is 31.6 Å². The maximum absolute atomic E-state index is 13.2. The molecule has 0 spiro atoms. The number of aromatic nitrogens is 3. The Hall–Kier alpha value is -1.93. The van der Waals surface area contributed by atoms with Crippen LogP contribution in [0, 0.1) is 6.92 Å². The molecule has 1 fully saturated rings. The van der Waals surface area contributed by atoms with Gasteiger partial charge in [-0.3, -0.25) is 5.10 Å². The summed E-state index contributed by atoms with van der Waals surface area (Å²) in [7, 11) is -1.49. The van der Waals surface area contributed by atoms with Gasteiger partial charge in [0.1, 0.15) is 5.82 Å². The van der Waals surface area contributed by atoms with E-state index in [0.29, 0.717) is 23.8 Å². The molecule has 1 aromatic heterocycles. The number of hydrogen-bond donors (Lipinski definition) is 1. The molecular formula is C18H25N5O2S. The topological polar surface area (TPSA) is 82.2 Å². The van der Waals surface area contributed by atoms with Gasteiger partial charge in [-0.1, -0.05) is 6.07 Å². The first-order valence-corrected chi connectivity index (χ1v) is 10.6. The number of aryl methyl sites for hydroxylation is 2. The molecule has 0 bridgehead atoms. The van der Waals surface area contributed by atoms with E-state index in [1.165, 1.54) is 5.56 Å². The predicted molar refractivity (Wildman–Crippen MR) is 99.9 cm³/mol. The smallest absolute Gasteiger partial charge is 0.243 e. The molecule has 4 rings (SSSR count). The lowest BCUT2D eigenvalue weighted by Gasteiger charge is -2.32. The minimum absolute atomic E-state index is 0.0452. The molecule has 2 aromatic rings. The van der Waals surface area contributed by atoms with Gasteiger partial charge in [0.05, 0.1) is 4.90 Å². The van der Waals surface area contributed by atoms with E-state index in [-0.39, 0.29) is 5.92 Å². The number of fused-ring (bicyclic) bond motifs is 1. The number of H-pyrrole nitrogens is 1. The fraction of sp³-hybridized carbons (Fsp3) is 0.556. The normalized spacial score (nSPS) is 21.6. The molecule has 1 saturated heterocycles. The Morgan fingerprint density at radius 2 is 2.08 bits per heavy atom. The van der Waals surface area contributed by atoms with Crippen LogP contribution < -0.4 is 4.90 Å². The van der Waals surface area contributed by atoms with Crippen LogP contribution in [-0.2, 0) is 16.4 Å².